The number of methoxy groups -OCH3 is 1. The van der Waals surface area contributed by atoms with Crippen LogP contribution in [0.2, 0.25) is 0 Å². The smallest absolute Gasteiger partial charge is 0.268 e. The molecule has 0 saturated heterocycles. The molecule has 8 heteroatoms. The number of nitrogens with zero attached hydrogens (tertiary/aromatic N) is 4. The van der Waals surface area contributed by atoms with Crippen LogP contribution in [0, 0.1) is 12.8 Å². The molecule has 2 aromatic carbocycles. The minimum Gasteiger partial charge on any atom is -0.497 e. The number of aryl methyl sites for hydroxylation is 2. The first-order valence-electron chi connectivity index (χ1n) is 11.8. The molecule has 0 spiro atoms. The molecule has 0 radical (unpaired) electrons. The maximum Gasteiger partial charge on any atom is 0.268 e. The highest BCUT2D eigenvalue weighted by Crippen LogP contribution is 2.23. The second-order valence-corrected chi connectivity index (χ2v) is 8.90. The first-order valence-corrected chi connectivity index (χ1v) is 11.8. The van der Waals surface area contributed by atoms with E-state index in [1.165, 1.54) is 0 Å². The third-order valence-electron chi connectivity index (χ3n) is 5.72. The number of carbonyl (C=O) groups excluding carboxylic acids is 1. The highest BCUT2D eigenvalue weighted by atomic mass is 16.5. The standard InChI is InChI=1S/C27H31N5O3/c1-18(2)8-11-23-17-25(27-30-29-19(3)35-27)31-32(23)22-7-5-6-21(16-22)26(33)28-15-14-20-9-12-24(34-4)13-10-20/h5-7,9-10,12-13,16-18H,8,11,14-15H2,1-4H3,(H,28,33). The van der Waals surface area contributed by atoms with Crippen molar-refractivity contribution in [1.29, 1.82) is 0 Å². The highest BCUT2D eigenvalue weighted by molar-refractivity contribution is 5.94. The number of hydrogen-bond donors (Lipinski definition) is 1. The molecule has 0 aliphatic rings. The van der Waals surface area contributed by atoms with Crippen LogP contribution in [0.3, 0.4) is 0 Å². The molecule has 8 nitrogen and oxygen atoms in total. The van der Waals surface area contributed by atoms with E-state index in [1.807, 2.05) is 59.3 Å². The fourth-order valence-corrected chi connectivity index (χ4v) is 3.76. The first kappa shape index (κ1) is 24.2. The summed E-state index contributed by atoms with van der Waals surface area (Å²) in [6.45, 7) is 6.68. The van der Waals surface area contributed by atoms with Gasteiger partial charge in [0.05, 0.1) is 12.8 Å². The molecule has 0 saturated carbocycles. The van der Waals surface area contributed by atoms with Gasteiger partial charge in [0.25, 0.3) is 11.8 Å². The Kier molecular flexibility index (Phi) is 7.60. The predicted molar refractivity (Wildman–Crippen MR) is 134 cm³/mol. The summed E-state index contributed by atoms with van der Waals surface area (Å²) in [5, 5.41) is 15.8. The average Bonchev–Trinajstić information content (AvgIpc) is 3.49. The molecule has 4 rings (SSSR count). The molecule has 182 valence electrons. The monoisotopic (exact) mass is 473 g/mol. The number of hydrogen-bond acceptors (Lipinski definition) is 6. The Balaban J connectivity index is 1.50. The van der Waals surface area contributed by atoms with Gasteiger partial charge in [0, 0.05) is 24.7 Å². The fraction of sp³-hybridized carbons (Fsp3) is 0.333. The van der Waals surface area contributed by atoms with Crippen molar-refractivity contribution in [3.05, 3.63) is 77.3 Å². The van der Waals surface area contributed by atoms with E-state index in [-0.39, 0.29) is 5.91 Å². The summed E-state index contributed by atoms with van der Waals surface area (Å²) >= 11 is 0. The molecule has 0 unspecified atom stereocenters. The molecule has 0 aliphatic carbocycles. The predicted octanol–water partition coefficient (Wildman–Crippen LogP) is 4.80. The molecule has 2 aromatic heterocycles. The Bertz CT molecular complexity index is 1270. The minimum atomic E-state index is -0.121. The zero-order valence-corrected chi connectivity index (χ0v) is 20.6. The second kappa shape index (κ2) is 11.0. The number of carbonyl (C=O) groups is 1. The van der Waals surface area contributed by atoms with Crippen molar-refractivity contribution in [3.8, 4) is 23.0 Å². The zero-order valence-electron chi connectivity index (χ0n) is 20.6. The molecule has 35 heavy (non-hydrogen) atoms. The molecule has 1 amide bonds. The van der Waals surface area contributed by atoms with Gasteiger partial charge in [-0.25, -0.2) is 4.68 Å². The van der Waals surface area contributed by atoms with E-state index in [0.717, 1.165) is 42.0 Å². The van der Waals surface area contributed by atoms with E-state index in [9.17, 15) is 4.79 Å². The quantitative estimate of drug-likeness (QED) is 0.355. The topological polar surface area (TPSA) is 95.1 Å². The lowest BCUT2D eigenvalue weighted by atomic mass is 10.1. The van der Waals surface area contributed by atoms with Crippen molar-refractivity contribution in [3.63, 3.8) is 0 Å². The molecular formula is C27H31N5O3. The van der Waals surface area contributed by atoms with Crippen LogP contribution in [0.15, 0.2) is 59.0 Å². The van der Waals surface area contributed by atoms with Crippen molar-refractivity contribution in [1.82, 2.24) is 25.3 Å². The first-order chi connectivity index (χ1) is 16.9. The van der Waals surface area contributed by atoms with E-state index in [2.05, 4.69) is 29.4 Å². The van der Waals surface area contributed by atoms with Crippen LogP contribution in [0.5, 0.6) is 5.75 Å². The molecule has 2 heterocycles. The van der Waals surface area contributed by atoms with Crippen molar-refractivity contribution in [2.45, 2.75) is 40.0 Å². The summed E-state index contributed by atoms with van der Waals surface area (Å²) in [4.78, 5) is 12.9. The molecular weight excluding hydrogens is 442 g/mol. The zero-order chi connectivity index (χ0) is 24.8. The van der Waals surface area contributed by atoms with Crippen molar-refractivity contribution >= 4 is 5.91 Å². The normalized spacial score (nSPS) is 11.1. The van der Waals surface area contributed by atoms with Crippen molar-refractivity contribution < 1.29 is 13.9 Å². The van der Waals surface area contributed by atoms with Crippen LogP contribution in [-0.4, -0.2) is 39.5 Å². The van der Waals surface area contributed by atoms with Crippen LogP contribution in [0.25, 0.3) is 17.3 Å². The Morgan fingerprint density at radius 1 is 1.09 bits per heavy atom. The van der Waals surface area contributed by atoms with Crippen molar-refractivity contribution in [2.24, 2.45) is 5.92 Å². The van der Waals surface area contributed by atoms with E-state index in [0.29, 0.717) is 35.5 Å². The number of rotatable bonds is 10. The van der Waals surface area contributed by atoms with Crippen molar-refractivity contribution in [2.75, 3.05) is 13.7 Å². The third-order valence-corrected chi connectivity index (χ3v) is 5.72. The van der Waals surface area contributed by atoms with Crippen LogP contribution in [-0.2, 0) is 12.8 Å². The van der Waals surface area contributed by atoms with Gasteiger partial charge in [0.15, 0.2) is 0 Å². The van der Waals surface area contributed by atoms with Gasteiger partial charge >= 0.3 is 0 Å². The molecule has 0 atom stereocenters. The lowest BCUT2D eigenvalue weighted by Gasteiger charge is -2.11. The van der Waals surface area contributed by atoms with Gasteiger partial charge < -0.3 is 14.5 Å². The Morgan fingerprint density at radius 3 is 2.57 bits per heavy atom. The minimum absolute atomic E-state index is 0.121. The summed E-state index contributed by atoms with van der Waals surface area (Å²) < 4.78 is 12.6. The van der Waals surface area contributed by atoms with Gasteiger partial charge in [-0.15, -0.1) is 10.2 Å². The Hall–Kier alpha value is -3.94. The SMILES string of the molecule is COc1ccc(CCNC(=O)c2cccc(-n3nc(-c4nnc(C)o4)cc3CCC(C)C)c2)cc1. The molecule has 0 fully saturated rings. The summed E-state index contributed by atoms with van der Waals surface area (Å²) in [5.74, 6) is 2.13. The Morgan fingerprint density at radius 2 is 1.89 bits per heavy atom. The molecule has 0 bridgehead atoms. The highest BCUT2D eigenvalue weighted by Gasteiger charge is 2.17. The van der Waals surface area contributed by atoms with Crippen LogP contribution < -0.4 is 10.1 Å². The summed E-state index contributed by atoms with van der Waals surface area (Å²) in [5.41, 5.74) is 4.18. The third kappa shape index (κ3) is 6.15. The summed E-state index contributed by atoms with van der Waals surface area (Å²) in [7, 11) is 1.65. The second-order valence-electron chi connectivity index (χ2n) is 8.90. The summed E-state index contributed by atoms with van der Waals surface area (Å²) in [6, 6.07) is 17.3. The number of nitrogens with one attached hydrogen (secondary N) is 1. The van der Waals surface area contributed by atoms with Gasteiger partial charge in [-0.05, 0) is 67.1 Å². The van der Waals surface area contributed by atoms with E-state index < -0.39 is 0 Å². The molecule has 1 N–H and O–H groups in total. The number of benzene rings is 2. The van der Waals surface area contributed by atoms with Gasteiger partial charge in [-0.3, -0.25) is 4.79 Å². The van der Waals surface area contributed by atoms with Crippen LogP contribution in [0.4, 0.5) is 0 Å². The van der Waals surface area contributed by atoms with Gasteiger partial charge in [-0.1, -0.05) is 32.0 Å². The van der Waals surface area contributed by atoms with Crippen LogP contribution in [0.1, 0.15) is 47.8 Å². The average molecular weight is 474 g/mol. The summed E-state index contributed by atoms with van der Waals surface area (Å²) in [6.07, 6.45) is 2.59. The lowest BCUT2D eigenvalue weighted by molar-refractivity contribution is 0.0954. The van der Waals surface area contributed by atoms with Gasteiger partial charge in [0.2, 0.25) is 5.89 Å². The van der Waals surface area contributed by atoms with Crippen LogP contribution >= 0.6 is 0 Å². The number of aromatic nitrogens is 4. The van der Waals surface area contributed by atoms with E-state index in [4.69, 9.17) is 14.3 Å². The van der Waals surface area contributed by atoms with E-state index in [1.54, 1.807) is 14.0 Å². The largest absolute Gasteiger partial charge is 0.497 e. The maximum atomic E-state index is 12.9. The lowest BCUT2D eigenvalue weighted by Crippen LogP contribution is -2.25. The maximum absolute atomic E-state index is 12.9. The van der Waals surface area contributed by atoms with Gasteiger partial charge in [-0.2, -0.15) is 5.10 Å². The number of amides is 1. The van der Waals surface area contributed by atoms with E-state index >= 15 is 0 Å². The van der Waals surface area contributed by atoms with Gasteiger partial charge in [0.1, 0.15) is 11.4 Å². The molecule has 0 aliphatic heterocycles. The molecule has 4 aromatic rings. The number of ether oxygens (including phenoxy) is 1. The fourth-order valence-electron chi connectivity index (χ4n) is 3.76. The Labute approximate surface area is 205 Å².